The molecule has 0 radical (unpaired) electrons. The van der Waals surface area contributed by atoms with Gasteiger partial charge in [0.1, 0.15) is 11.6 Å². The molecule has 0 atom stereocenters. The minimum absolute atomic E-state index is 0.170. The largest absolute Gasteiger partial charge is 0.285 e. The molecule has 0 N–H and O–H groups in total. The highest BCUT2D eigenvalue weighted by atomic mass is 16.1. The smallest absolute Gasteiger partial charge is 0.266 e. The number of nitriles is 1. The number of rotatable bonds is 2. The molecule has 1 aromatic rings. The standard InChI is InChI=1S/C11H13N3O/c1-7(2)6-14-11(15)10(5-12)8(3)9(4)13-14/h1,6H2,2-4H3. The molecule has 0 unspecified atom stereocenters. The van der Waals surface area contributed by atoms with Crippen molar-refractivity contribution in [1.29, 1.82) is 5.26 Å². The number of allylic oxidation sites excluding steroid dienone is 1. The molecule has 0 aliphatic rings. The third-order valence-electron chi connectivity index (χ3n) is 2.17. The average molecular weight is 203 g/mol. The lowest BCUT2D eigenvalue weighted by molar-refractivity contribution is 0.616. The topological polar surface area (TPSA) is 58.7 Å². The van der Waals surface area contributed by atoms with Crippen molar-refractivity contribution in [2.24, 2.45) is 0 Å². The molecule has 0 fully saturated rings. The van der Waals surface area contributed by atoms with E-state index in [0.29, 0.717) is 17.8 Å². The first-order chi connectivity index (χ1) is 6.97. The van der Waals surface area contributed by atoms with Gasteiger partial charge in [0.15, 0.2) is 0 Å². The number of aromatic nitrogens is 2. The lowest BCUT2D eigenvalue weighted by Gasteiger charge is -2.08. The Balaban J connectivity index is 3.46. The summed E-state index contributed by atoms with van der Waals surface area (Å²) in [6.07, 6.45) is 0. The van der Waals surface area contributed by atoms with E-state index in [0.717, 1.165) is 5.57 Å². The zero-order valence-corrected chi connectivity index (χ0v) is 9.16. The van der Waals surface area contributed by atoms with Crippen molar-refractivity contribution in [1.82, 2.24) is 9.78 Å². The Labute approximate surface area is 88.5 Å². The number of hydrogen-bond donors (Lipinski definition) is 0. The van der Waals surface area contributed by atoms with Gasteiger partial charge < -0.3 is 0 Å². The normalized spacial score (nSPS) is 9.73. The predicted molar refractivity (Wildman–Crippen MR) is 57.5 cm³/mol. The van der Waals surface area contributed by atoms with E-state index in [-0.39, 0.29) is 11.1 Å². The third-order valence-corrected chi connectivity index (χ3v) is 2.17. The van der Waals surface area contributed by atoms with Crippen molar-refractivity contribution >= 4 is 0 Å². The van der Waals surface area contributed by atoms with Crippen LogP contribution in [0.3, 0.4) is 0 Å². The highest BCUT2D eigenvalue weighted by molar-refractivity contribution is 5.36. The van der Waals surface area contributed by atoms with Gasteiger partial charge in [-0.05, 0) is 26.3 Å². The van der Waals surface area contributed by atoms with Gasteiger partial charge in [-0.15, -0.1) is 0 Å². The Bertz CT molecular complexity index is 506. The van der Waals surface area contributed by atoms with Crippen LogP contribution < -0.4 is 5.56 Å². The van der Waals surface area contributed by atoms with Crippen molar-refractivity contribution in [3.05, 3.63) is 39.3 Å². The van der Waals surface area contributed by atoms with E-state index in [2.05, 4.69) is 11.7 Å². The summed E-state index contributed by atoms with van der Waals surface area (Å²) < 4.78 is 1.28. The van der Waals surface area contributed by atoms with Gasteiger partial charge in [-0.25, -0.2) is 4.68 Å². The molecule has 1 aromatic heterocycles. The predicted octanol–water partition coefficient (Wildman–Crippen LogP) is 1.31. The van der Waals surface area contributed by atoms with Crippen LogP contribution in [0.1, 0.15) is 23.7 Å². The number of aryl methyl sites for hydroxylation is 1. The van der Waals surface area contributed by atoms with Crippen LogP contribution in [0, 0.1) is 25.2 Å². The van der Waals surface area contributed by atoms with Gasteiger partial charge in [0.05, 0.1) is 12.2 Å². The summed E-state index contributed by atoms with van der Waals surface area (Å²) >= 11 is 0. The molecule has 0 aliphatic carbocycles. The van der Waals surface area contributed by atoms with E-state index in [1.165, 1.54) is 4.68 Å². The first-order valence-electron chi connectivity index (χ1n) is 4.60. The van der Waals surface area contributed by atoms with Crippen LogP contribution in [0.2, 0.25) is 0 Å². The minimum atomic E-state index is -0.344. The molecule has 0 aliphatic heterocycles. The van der Waals surface area contributed by atoms with Crippen LogP contribution in [0.5, 0.6) is 0 Å². The van der Waals surface area contributed by atoms with Crippen LogP contribution in [-0.2, 0) is 6.54 Å². The molecule has 4 heteroatoms. The summed E-state index contributed by atoms with van der Waals surface area (Å²) in [6, 6.07) is 1.92. The van der Waals surface area contributed by atoms with Crippen molar-refractivity contribution in [2.45, 2.75) is 27.3 Å². The van der Waals surface area contributed by atoms with Gasteiger partial charge in [0.2, 0.25) is 0 Å². The summed E-state index contributed by atoms with van der Waals surface area (Å²) in [5, 5.41) is 13.0. The molecule has 1 heterocycles. The third kappa shape index (κ3) is 2.13. The van der Waals surface area contributed by atoms with Gasteiger partial charge in [0, 0.05) is 0 Å². The minimum Gasteiger partial charge on any atom is -0.266 e. The molecular weight excluding hydrogens is 190 g/mol. The van der Waals surface area contributed by atoms with Crippen molar-refractivity contribution in [2.75, 3.05) is 0 Å². The molecule has 0 saturated heterocycles. The van der Waals surface area contributed by atoms with E-state index in [9.17, 15) is 4.79 Å². The van der Waals surface area contributed by atoms with Gasteiger partial charge >= 0.3 is 0 Å². The highest BCUT2D eigenvalue weighted by Crippen LogP contribution is 2.05. The molecule has 0 saturated carbocycles. The SMILES string of the molecule is C=C(C)Cn1nc(C)c(C)c(C#N)c1=O. The molecule has 0 bridgehead atoms. The second-order valence-electron chi connectivity index (χ2n) is 3.62. The average Bonchev–Trinajstić information content (AvgIpc) is 2.14. The summed E-state index contributed by atoms with van der Waals surface area (Å²) in [4.78, 5) is 11.7. The van der Waals surface area contributed by atoms with E-state index in [4.69, 9.17) is 5.26 Å². The summed E-state index contributed by atoms with van der Waals surface area (Å²) in [5.74, 6) is 0. The Morgan fingerprint density at radius 1 is 1.60 bits per heavy atom. The van der Waals surface area contributed by atoms with Crippen molar-refractivity contribution in [3.8, 4) is 6.07 Å². The van der Waals surface area contributed by atoms with Crippen LogP contribution in [0.4, 0.5) is 0 Å². The van der Waals surface area contributed by atoms with E-state index in [1.54, 1.807) is 13.8 Å². The van der Waals surface area contributed by atoms with Crippen LogP contribution in [-0.4, -0.2) is 9.78 Å². The first kappa shape index (κ1) is 11.2. The van der Waals surface area contributed by atoms with Gasteiger partial charge in [-0.3, -0.25) is 4.79 Å². The molecule has 15 heavy (non-hydrogen) atoms. The van der Waals surface area contributed by atoms with Crippen LogP contribution >= 0.6 is 0 Å². The van der Waals surface area contributed by atoms with Gasteiger partial charge in [-0.1, -0.05) is 12.2 Å². The monoisotopic (exact) mass is 203 g/mol. The molecule has 78 valence electrons. The maximum atomic E-state index is 11.7. The maximum absolute atomic E-state index is 11.7. The highest BCUT2D eigenvalue weighted by Gasteiger charge is 2.10. The number of hydrogen-bond acceptors (Lipinski definition) is 3. The molecule has 0 amide bonds. The fourth-order valence-corrected chi connectivity index (χ4v) is 1.27. The van der Waals surface area contributed by atoms with Crippen LogP contribution in [0.15, 0.2) is 16.9 Å². The summed E-state index contributed by atoms with van der Waals surface area (Å²) in [6.45, 7) is 9.40. The van der Waals surface area contributed by atoms with E-state index >= 15 is 0 Å². The van der Waals surface area contributed by atoms with Crippen molar-refractivity contribution in [3.63, 3.8) is 0 Å². The quantitative estimate of drug-likeness (QED) is 0.681. The van der Waals surface area contributed by atoms with Crippen LogP contribution in [0.25, 0.3) is 0 Å². The maximum Gasteiger partial charge on any atom is 0.285 e. The molecule has 4 nitrogen and oxygen atoms in total. The van der Waals surface area contributed by atoms with E-state index < -0.39 is 0 Å². The Morgan fingerprint density at radius 3 is 2.67 bits per heavy atom. The Morgan fingerprint density at radius 2 is 2.20 bits per heavy atom. The lowest BCUT2D eigenvalue weighted by atomic mass is 10.1. The molecular formula is C11H13N3O. The molecule has 0 spiro atoms. The second kappa shape index (κ2) is 4.09. The summed E-state index contributed by atoms with van der Waals surface area (Å²) in [5.41, 5.74) is 2.01. The second-order valence-corrected chi connectivity index (χ2v) is 3.62. The van der Waals surface area contributed by atoms with Gasteiger partial charge in [-0.2, -0.15) is 10.4 Å². The fourth-order valence-electron chi connectivity index (χ4n) is 1.27. The number of nitrogens with zero attached hydrogens (tertiary/aromatic N) is 3. The Hall–Kier alpha value is -1.89. The fraction of sp³-hybridized carbons (Fsp3) is 0.364. The Kier molecular flexibility index (Phi) is 3.05. The molecule has 1 rings (SSSR count). The van der Waals surface area contributed by atoms with E-state index in [1.807, 2.05) is 13.0 Å². The molecule has 0 aromatic carbocycles. The first-order valence-corrected chi connectivity index (χ1v) is 4.60. The lowest BCUT2D eigenvalue weighted by Crippen LogP contribution is -2.27. The van der Waals surface area contributed by atoms with Gasteiger partial charge in [0.25, 0.3) is 5.56 Å². The summed E-state index contributed by atoms with van der Waals surface area (Å²) in [7, 11) is 0. The zero-order chi connectivity index (χ0) is 11.6. The zero-order valence-electron chi connectivity index (χ0n) is 9.16. The van der Waals surface area contributed by atoms with Crippen molar-refractivity contribution < 1.29 is 0 Å².